The number of primary amides is 1. The first kappa shape index (κ1) is 11.1. The van der Waals surface area contributed by atoms with Gasteiger partial charge in [-0.3, -0.25) is 4.79 Å². The molecule has 1 aromatic heterocycles. The zero-order valence-corrected chi connectivity index (χ0v) is 9.52. The number of nitrogens with zero attached hydrogens (tertiary/aromatic N) is 3. The van der Waals surface area contributed by atoms with Crippen molar-refractivity contribution in [3.05, 3.63) is 17.3 Å². The van der Waals surface area contributed by atoms with Gasteiger partial charge in [-0.05, 0) is 25.0 Å². The third-order valence-corrected chi connectivity index (χ3v) is 2.97. The number of hydrogen-bond acceptors (Lipinski definition) is 4. The van der Waals surface area contributed by atoms with Crippen LogP contribution >= 0.6 is 11.6 Å². The molecule has 0 bridgehead atoms. The number of hydrogen-bond donors (Lipinski definition) is 1. The van der Waals surface area contributed by atoms with Crippen LogP contribution in [0.5, 0.6) is 0 Å². The Labute approximate surface area is 98.6 Å². The first-order valence-corrected chi connectivity index (χ1v) is 5.58. The summed E-state index contributed by atoms with van der Waals surface area (Å²) in [5.41, 5.74) is 5.31. The molecule has 2 heterocycles. The van der Waals surface area contributed by atoms with Crippen molar-refractivity contribution in [2.45, 2.75) is 12.8 Å². The quantitative estimate of drug-likeness (QED) is 0.831. The predicted molar refractivity (Wildman–Crippen MR) is 61.2 cm³/mol. The van der Waals surface area contributed by atoms with E-state index in [-0.39, 0.29) is 11.8 Å². The molecule has 0 aliphatic carbocycles. The van der Waals surface area contributed by atoms with E-state index in [4.69, 9.17) is 17.3 Å². The molecule has 1 unspecified atom stereocenters. The zero-order valence-electron chi connectivity index (χ0n) is 8.77. The Morgan fingerprint density at radius 3 is 2.94 bits per heavy atom. The van der Waals surface area contributed by atoms with E-state index < -0.39 is 0 Å². The SMILES string of the molecule is NC(=O)C1CCCN(c2ccc(Cl)nn2)C1. The molecule has 1 amide bonds. The average Bonchev–Trinajstić information content (AvgIpc) is 2.30. The highest BCUT2D eigenvalue weighted by Crippen LogP contribution is 2.21. The van der Waals surface area contributed by atoms with Gasteiger partial charge >= 0.3 is 0 Å². The van der Waals surface area contributed by atoms with Gasteiger partial charge in [-0.2, -0.15) is 0 Å². The first-order valence-electron chi connectivity index (χ1n) is 5.20. The highest BCUT2D eigenvalue weighted by molar-refractivity contribution is 6.29. The van der Waals surface area contributed by atoms with Gasteiger partial charge in [0.2, 0.25) is 5.91 Å². The Morgan fingerprint density at radius 1 is 1.50 bits per heavy atom. The van der Waals surface area contributed by atoms with Crippen molar-refractivity contribution >= 4 is 23.3 Å². The fraction of sp³-hybridized carbons (Fsp3) is 0.500. The first-order chi connectivity index (χ1) is 7.66. The van der Waals surface area contributed by atoms with Gasteiger partial charge in [0.05, 0.1) is 5.92 Å². The number of halogens is 1. The van der Waals surface area contributed by atoms with E-state index in [1.54, 1.807) is 12.1 Å². The number of carbonyl (C=O) groups excluding carboxylic acids is 1. The van der Waals surface area contributed by atoms with Crippen LogP contribution in [0.15, 0.2) is 12.1 Å². The van der Waals surface area contributed by atoms with Crippen molar-refractivity contribution in [2.75, 3.05) is 18.0 Å². The molecule has 16 heavy (non-hydrogen) atoms. The third kappa shape index (κ3) is 2.41. The van der Waals surface area contributed by atoms with Crippen LogP contribution in [0.25, 0.3) is 0 Å². The highest BCUT2D eigenvalue weighted by Gasteiger charge is 2.24. The lowest BCUT2D eigenvalue weighted by Gasteiger charge is -2.31. The minimum Gasteiger partial charge on any atom is -0.369 e. The van der Waals surface area contributed by atoms with Gasteiger partial charge in [0.25, 0.3) is 0 Å². The van der Waals surface area contributed by atoms with Gasteiger partial charge in [-0.1, -0.05) is 11.6 Å². The van der Waals surface area contributed by atoms with E-state index in [9.17, 15) is 4.79 Å². The van der Waals surface area contributed by atoms with Crippen LogP contribution in [0, 0.1) is 5.92 Å². The minimum absolute atomic E-state index is 0.0915. The molecule has 1 aromatic rings. The van der Waals surface area contributed by atoms with Crippen molar-refractivity contribution in [1.82, 2.24) is 10.2 Å². The summed E-state index contributed by atoms with van der Waals surface area (Å²) in [4.78, 5) is 13.1. The molecular weight excluding hydrogens is 228 g/mol. The third-order valence-electron chi connectivity index (χ3n) is 2.77. The van der Waals surface area contributed by atoms with E-state index in [1.807, 2.05) is 4.90 Å². The second-order valence-corrected chi connectivity index (χ2v) is 4.29. The Balaban J connectivity index is 2.09. The molecule has 1 aliphatic heterocycles. The summed E-state index contributed by atoms with van der Waals surface area (Å²) in [5.74, 6) is 0.410. The molecule has 6 heteroatoms. The van der Waals surface area contributed by atoms with Gasteiger partial charge in [0.15, 0.2) is 11.0 Å². The number of aromatic nitrogens is 2. The topological polar surface area (TPSA) is 72.1 Å². The maximum absolute atomic E-state index is 11.1. The average molecular weight is 241 g/mol. The molecule has 1 atom stereocenters. The number of carbonyl (C=O) groups is 1. The van der Waals surface area contributed by atoms with Crippen LogP contribution in [-0.2, 0) is 4.79 Å². The van der Waals surface area contributed by atoms with Crippen LogP contribution < -0.4 is 10.6 Å². The number of piperidine rings is 1. The van der Waals surface area contributed by atoms with Crippen LogP contribution in [0.1, 0.15) is 12.8 Å². The Kier molecular flexibility index (Phi) is 3.24. The van der Waals surface area contributed by atoms with Gasteiger partial charge in [0, 0.05) is 13.1 Å². The summed E-state index contributed by atoms with van der Waals surface area (Å²) >= 11 is 5.66. The second kappa shape index (κ2) is 4.65. The van der Waals surface area contributed by atoms with Crippen molar-refractivity contribution in [3.8, 4) is 0 Å². The fourth-order valence-corrected chi connectivity index (χ4v) is 2.00. The van der Waals surface area contributed by atoms with Crippen molar-refractivity contribution < 1.29 is 4.79 Å². The van der Waals surface area contributed by atoms with Crippen LogP contribution in [0.3, 0.4) is 0 Å². The number of rotatable bonds is 2. The maximum atomic E-state index is 11.1. The highest BCUT2D eigenvalue weighted by atomic mass is 35.5. The molecular formula is C10H13ClN4O. The number of amides is 1. The molecule has 86 valence electrons. The monoisotopic (exact) mass is 240 g/mol. The van der Waals surface area contributed by atoms with Crippen LogP contribution in [0.2, 0.25) is 5.15 Å². The van der Waals surface area contributed by atoms with Crippen LogP contribution in [-0.4, -0.2) is 29.2 Å². The molecule has 0 saturated carbocycles. The summed E-state index contributed by atoms with van der Waals surface area (Å²) in [6.07, 6.45) is 1.80. The molecule has 1 saturated heterocycles. The number of anilines is 1. The Bertz CT molecular complexity index is 381. The molecule has 0 radical (unpaired) electrons. The molecule has 1 fully saturated rings. The minimum atomic E-state index is -0.244. The van der Waals surface area contributed by atoms with Gasteiger partial charge in [0.1, 0.15) is 0 Å². The lowest BCUT2D eigenvalue weighted by Crippen LogP contribution is -2.41. The zero-order chi connectivity index (χ0) is 11.5. The van der Waals surface area contributed by atoms with E-state index in [1.165, 1.54) is 0 Å². The summed E-state index contributed by atoms with van der Waals surface area (Å²) in [6.45, 7) is 1.49. The molecule has 5 nitrogen and oxygen atoms in total. The largest absolute Gasteiger partial charge is 0.369 e. The molecule has 2 N–H and O–H groups in total. The molecule has 0 aromatic carbocycles. The molecule has 2 rings (SSSR count). The Morgan fingerprint density at radius 2 is 2.31 bits per heavy atom. The maximum Gasteiger partial charge on any atom is 0.222 e. The van der Waals surface area contributed by atoms with E-state index >= 15 is 0 Å². The van der Waals surface area contributed by atoms with E-state index in [2.05, 4.69) is 10.2 Å². The lowest BCUT2D eigenvalue weighted by molar-refractivity contribution is -0.122. The second-order valence-electron chi connectivity index (χ2n) is 3.90. The van der Waals surface area contributed by atoms with Gasteiger partial charge in [-0.25, -0.2) is 0 Å². The fourth-order valence-electron chi connectivity index (χ4n) is 1.90. The predicted octanol–water partition coefficient (Wildman–Crippen LogP) is 0.832. The van der Waals surface area contributed by atoms with Crippen LogP contribution in [0.4, 0.5) is 5.82 Å². The summed E-state index contributed by atoms with van der Waals surface area (Å²) in [5, 5.41) is 8.14. The van der Waals surface area contributed by atoms with Crippen molar-refractivity contribution in [3.63, 3.8) is 0 Å². The lowest BCUT2D eigenvalue weighted by atomic mass is 9.97. The smallest absolute Gasteiger partial charge is 0.222 e. The van der Waals surface area contributed by atoms with E-state index in [0.29, 0.717) is 11.7 Å². The van der Waals surface area contributed by atoms with Crippen molar-refractivity contribution in [2.24, 2.45) is 11.7 Å². The molecule has 0 spiro atoms. The Hall–Kier alpha value is -1.36. The normalized spacial score (nSPS) is 20.8. The standard InChI is InChI=1S/C10H13ClN4O/c11-8-3-4-9(14-13-8)15-5-1-2-7(6-15)10(12)16/h3-4,7H,1-2,5-6H2,(H2,12,16). The summed E-state index contributed by atoms with van der Waals surface area (Å²) in [6, 6.07) is 3.50. The van der Waals surface area contributed by atoms with Crippen molar-refractivity contribution in [1.29, 1.82) is 0 Å². The summed E-state index contributed by atoms with van der Waals surface area (Å²) in [7, 11) is 0. The van der Waals surface area contributed by atoms with Gasteiger partial charge < -0.3 is 10.6 Å². The number of nitrogens with two attached hydrogens (primary N) is 1. The van der Waals surface area contributed by atoms with Gasteiger partial charge in [-0.15, -0.1) is 10.2 Å². The molecule has 1 aliphatic rings. The van der Waals surface area contributed by atoms with E-state index in [0.717, 1.165) is 25.2 Å². The summed E-state index contributed by atoms with van der Waals surface area (Å²) < 4.78 is 0.